The van der Waals surface area contributed by atoms with Crippen LogP contribution in [0.15, 0.2) is 170 Å². The monoisotopic (exact) mass is 1010 g/mol. The molecule has 0 saturated heterocycles. The molecule has 0 amide bonds. The van der Waals surface area contributed by atoms with Crippen molar-refractivity contribution in [2.75, 3.05) is 14.7 Å². The van der Waals surface area contributed by atoms with Crippen LogP contribution < -0.4 is 31.1 Å². The van der Waals surface area contributed by atoms with Crippen LogP contribution in [0.3, 0.4) is 0 Å². The Labute approximate surface area is 460 Å². The molecule has 386 valence electrons. The van der Waals surface area contributed by atoms with Gasteiger partial charge in [0.1, 0.15) is 0 Å². The molecule has 8 aromatic rings. The Morgan fingerprint density at radius 3 is 1.77 bits per heavy atom. The molecular weight excluding hydrogens is 930 g/mol. The first-order valence-corrected chi connectivity index (χ1v) is 29.1. The van der Waals surface area contributed by atoms with Crippen LogP contribution in [-0.4, -0.2) is 12.3 Å². The Balaban J connectivity index is 1.17. The third-order valence-corrected chi connectivity index (χ3v) is 20.6. The van der Waals surface area contributed by atoms with E-state index < -0.39 is 0 Å². The van der Waals surface area contributed by atoms with Crippen molar-refractivity contribution < 1.29 is 0 Å². The number of aryl methyl sites for hydroxylation is 1. The average molecular weight is 1010 g/mol. The second-order valence-electron chi connectivity index (χ2n) is 27.8. The molecule has 4 aliphatic heterocycles. The molecule has 0 N–H and O–H groups in total. The molecule has 1 saturated carbocycles. The first-order chi connectivity index (χ1) is 36.7. The first kappa shape index (κ1) is 48.6. The van der Waals surface area contributed by atoms with Crippen LogP contribution in [-0.2, 0) is 39.0 Å². The molecule has 1 fully saturated rings. The summed E-state index contributed by atoms with van der Waals surface area (Å²) in [6.45, 7) is 29.4. The number of benzene rings is 8. The first-order valence-electron chi connectivity index (χ1n) is 29.1. The highest BCUT2D eigenvalue weighted by Crippen LogP contribution is 2.67. The van der Waals surface area contributed by atoms with Gasteiger partial charge < -0.3 is 14.7 Å². The van der Waals surface area contributed by atoms with Crippen LogP contribution in [0.25, 0.3) is 11.1 Å². The Morgan fingerprint density at radius 2 is 1.05 bits per heavy atom. The number of rotatable bonds is 4. The molecule has 2 aliphatic carbocycles. The van der Waals surface area contributed by atoms with Gasteiger partial charge in [0.05, 0.1) is 16.8 Å². The number of hydrogen-bond donors (Lipinski definition) is 0. The number of anilines is 7. The molecule has 4 heterocycles. The van der Waals surface area contributed by atoms with Gasteiger partial charge in [-0.25, -0.2) is 0 Å². The quantitative estimate of drug-likeness (QED) is 0.163. The lowest BCUT2D eigenvalue weighted by Gasteiger charge is -2.55. The number of fused-ring (bicyclic) bond motifs is 12. The van der Waals surface area contributed by atoms with Crippen molar-refractivity contribution >= 4 is 62.9 Å². The molecule has 0 spiro atoms. The number of hydrogen-bond acceptors (Lipinski definition) is 3. The van der Waals surface area contributed by atoms with Gasteiger partial charge in [-0.3, -0.25) is 0 Å². The van der Waals surface area contributed by atoms with Crippen LogP contribution in [0.2, 0.25) is 0 Å². The molecule has 4 unspecified atom stereocenters. The average Bonchev–Trinajstić information content (AvgIpc) is 4.07. The van der Waals surface area contributed by atoms with Gasteiger partial charge in [0.15, 0.2) is 0 Å². The van der Waals surface area contributed by atoms with Crippen LogP contribution in [0.4, 0.5) is 39.8 Å². The van der Waals surface area contributed by atoms with Crippen molar-refractivity contribution in [3.63, 3.8) is 0 Å². The normalized spacial score (nSPS) is 23.6. The minimum Gasteiger partial charge on any atom is -0.335 e. The van der Waals surface area contributed by atoms with E-state index >= 15 is 0 Å². The summed E-state index contributed by atoms with van der Waals surface area (Å²) < 4.78 is 0. The maximum atomic E-state index is 2.98. The standard InChI is InChI=1S/C73H76BN3/c1-67(2,3)50-33-35-60(54(41-50)47-25-15-13-16-26-47)75-62-36-34-51(68(4,5)6)43-58(62)74-59-44-52(69(7,8)9)42-57-66(59)77(71(11)38-23-24-39-73(57,71)49-28-17-14-18-29-49)64-46-53(45-63(75)65(64)74)76-61-32-22-21-31-56(61)70(10)40-37-48-27-19-20-30-55(48)72(70,76)12/h13-22,25-36,41-46H,23-24,37-40H2,1-12H3. The second-order valence-corrected chi connectivity index (χ2v) is 27.8. The van der Waals surface area contributed by atoms with E-state index in [1.807, 2.05) is 0 Å². The molecule has 14 rings (SSSR count). The van der Waals surface area contributed by atoms with Gasteiger partial charge in [-0.2, -0.15) is 0 Å². The molecule has 8 aromatic carbocycles. The smallest absolute Gasteiger partial charge is 0.252 e. The van der Waals surface area contributed by atoms with Crippen LogP contribution >= 0.6 is 0 Å². The molecule has 0 bridgehead atoms. The highest BCUT2D eigenvalue weighted by atomic mass is 15.3. The molecule has 0 aromatic heterocycles. The zero-order valence-corrected chi connectivity index (χ0v) is 47.8. The van der Waals surface area contributed by atoms with E-state index in [-0.39, 0.29) is 44.9 Å². The lowest BCUT2D eigenvalue weighted by molar-refractivity contribution is 0.215. The van der Waals surface area contributed by atoms with E-state index in [4.69, 9.17) is 0 Å². The van der Waals surface area contributed by atoms with Gasteiger partial charge in [0.25, 0.3) is 6.71 Å². The van der Waals surface area contributed by atoms with Gasteiger partial charge in [-0.05, 0) is 159 Å². The van der Waals surface area contributed by atoms with Gasteiger partial charge in [0, 0.05) is 50.5 Å². The maximum absolute atomic E-state index is 2.98. The van der Waals surface area contributed by atoms with Gasteiger partial charge >= 0.3 is 0 Å². The predicted molar refractivity (Wildman–Crippen MR) is 328 cm³/mol. The third kappa shape index (κ3) is 6.45. The van der Waals surface area contributed by atoms with Crippen LogP contribution in [0, 0.1) is 0 Å². The summed E-state index contributed by atoms with van der Waals surface area (Å²) in [4.78, 5) is 8.54. The van der Waals surface area contributed by atoms with E-state index in [0.29, 0.717) is 0 Å². The SMILES string of the molecule is CC(C)(C)c1ccc2c(c1)B1c3cc(C(C)(C)C)cc4c3N(c3cc(N5c6ccccc6C6(C)CCc7ccccc7C56C)cc(c31)N2c1ccc(C(C)(C)C)cc1-c1ccccc1)C1(C)CCCCC41c1ccccc1. The fourth-order valence-corrected chi connectivity index (χ4v) is 16.4. The van der Waals surface area contributed by atoms with E-state index in [1.54, 1.807) is 0 Å². The topological polar surface area (TPSA) is 9.72 Å². The van der Waals surface area contributed by atoms with Gasteiger partial charge in [-0.15, -0.1) is 0 Å². The maximum Gasteiger partial charge on any atom is 0.252 e. The van der Waals surface area contributed by atoms with Crippen LogP contribution in [0.5, 0.6) is 0 Å². The summed E-state index contributed by atoms with van der Waals surface area (Å²) in [5.74, 6) is 0. The van der Waals surface area contributed by atoms with Gasteiger partial charge in [-0.1, -0.05) is 216 Å². The number of para-hydroxylation sites is 1. The zero-order chi connectivity index (χ0) is 53.4. The Morgan fingerprint density at radius 1 is 0.455 bits per heavy atom. The van der Waals surface area contributed by atoms with Gasteiger partial charge in [0.2, 0.25) is 0 Å². The molecule has 6 aliphatic rings. The van der Waals surface area contributed by atoms with Crippen molar-refractivity contribution in [1.82, 2.24) is 0 Å². The van der Waals surface area contributed by atoms with E-state index in [2.05, 4.69) is 268 Å². The zero-order valence-electron chi connectivity index (χ0n) is 47.8. The summed E-state index contributed by atoms with van der Waals surface area (Å²) in [6, 6.07) is 67.6. The van der Waals surface area contributed by atoms with Crippen molar-refractivity contribution in [3.05, 3.63) is 214 Å². The largest absolute Gasteiger partial charge is 0.335 e. The van der Waals surface area contributed by atoms with E-state index in [1.165, 1.54) is 125 Å². The van der Waals surface area contributed by atoms with Crippen molar-refractivity contribution in [1.29, 1.82) is 0 Å². The summed E-state index contributed by atoms with van der Waals surface area (Å²) >= 11 is 0. The summed E-state index contributed by atoms with van der Waals surface area (Å²) in [5.41, 5.74) is 26.2. The van der Waals surface area contributed by atoms with E-state index in [0.717, 1.165) is 25.7 Å². The van der Waals surface area contributed by atoms with Crippen molar-refractivity contribution in [2.24, 2.45) is 0 Å². The second kappa shape index (κ2) is 16.2. The summed E-state index contributed by atoms with van der Waals surface area (Å²) in [6.07, 6.45) is 6.76. The minimum absolute atomic E-state index is 0.0115. The molecule has 4 heteroatoms. The Hall–Kier alpha value is -6.78. The Kier molecular flexibility index (Phi) is 10.2. The van der Waals surface area contributed by atoms with E-state index in [9.17, 15) is 0 Å². The molecule has 4 atom stereocenters. The number of nitrogens with zero attached hydrogens (tertiary/aromatic N) is 3. The Bertz CT molecular complexity index is 3740. The highest BCUT2D eigenvalue weighted by Gasteiger charge is 2.65. The third-order valence-electron chi connectivity index (χ3n) is 20.6. The van der Waals surface area contributed by atoms with Crippen molar-refractivity contribution in [3.8, 4) is 11.1 Å². The molecule has 77 heavy (non-hydrogen) atoms. The molecular formula is C73H76BN3. The lowest BCUT2D eigenvalue weighted by Crippen LogP contribution is -2.65. The fraction of sp³-hybridized carbons (Fsp3) is 0.342. The molecule has 3 nitrogen and oxygen atoms in total. The van der Waals surface area contributed by atoms with Crippen molar-refractivity contribution in [2.45, 2.75) is 160 Å². The lowest BCUT2D eigenvalue weighted by atomic mass is 9.33. The highest BCUT2D eigenvalue weighted by molar-refractivity contribution is 7.00. The summed E-state index contributed by atoms with van der Waals surface area (Å²) in [7, 11) is 0. The van der Waals surface area contributed by atoms with Crippen LogP contribution in [0.1, 0.15) is 160 Å². The molecule has 0 radical (unpaired) electrons. The minimum atomic E-state index is -0.374. The predicted octanol–water partition coefficient (Wildman–Crippen LogP) is 16.9. The summed E-state index contributed by atoms with van der Waals surface area (Å²) in [5, 5.41) is 0. The fourth-order valence-electron chi connectivity index (χ4n) is 16.4.